The van der Waals surface area contributed by atoms with Crippen molar-refractivity contribution in [3.05, 3.63) is 53.6 Å². The number of aromatic nitrogens is 2. The maximum Gasteiger partial charge on any atom is 0.269 e. The van der Waals surface area contributed by atoms with Gasteiger partial charge in [0.25, 0.3) is 5.91 Å². The van der Waals surface area contributed by atoms with Gasteiger partial charge in [-0.3, -0.25) is 14.8 Å². The second-order valence-corrected chi connectivity index (χ2v) is 9.66. The first-order valence-electron chi connectivity index (χ1n) is 9.65. The predicted molar refractivity (Wildman–Crippen MR) is 109 cm³/mol. The molecule has 0 unspecified atom stereocenters. The van der Waals surface area contributed by atoms with E-state index in [-0.39, 0.29) is 36.0 Å². The van der Waals surface area contributed by atoms with Gasteiger partial charge in [-0.05, 0) is 31.5 Å². The molecule has 4 rings (SSSR count). The van der Waals surface area contributed by atoms with Crippen molar-refractivity contribution >= 4 is 21.6 Å². The van der Waals surface area contributed by atoms with Gasteiger partial charge in [0, 0.05) is 25.6 Å². The fourth-order valence-electron chi connectivity index (χ4n) is 3.58. The highest BCUT2D eigenvalue weighted by atomic mass is 32.2. The quantitative estimate of drug-likeness (QED) is 0.767. The van der Waals surface area contributed by atoms with Crippen LogP contribution in [0.1, 0.15) is 29.8 Å². The van der Waals surface area contributed by atoms with Crippen LogP contribution in [-0.2, 0) is 26.2 Å². The minimum atomic E-state index is -3.63. The van der Waals surface area contributed by atoms with Crippen LogP contribution in [0.5, 0.6) is 0 Å². The Morgan fingerprint density at radius 1 is 1.27 bits per heavy atom. The van der Waals surface area contributed by atoms with Crippen molar-refractivity contribution in [1.29, 1.82) is 0 Å². The van der Waals surface area contributed by atoms with E-state index in [9.17, 15) is 13.2 Å². The van der Waals surface area contributed by atoms with Gasteiger partial charge in [-0.15, -0.1) is 0 Å². The summed E-state index contributed by atoms with van der Waals surface area (Å²) in [4.78, 5) is 26.6. The molecule has 1 N–H and O–H groups in total. The summed E-state index contributed by atoms with van der Waals surface area (Å²) in [7, 11) is -3.63. The second-order valence-electron chi connectivity index (χ2n) is 7.73. The lowest BCUT2D eigenvalue weighted by Crippen LogP contribution is -2.38. The number of nitrogens with zero attached hydrogens (tertiary/aromatic N) is 4. The standard InChI is InChI=1S/C20H23N5O4S/c1-14-4-3-5-17(8-14)30(27,28)25-7-6-20(13-25)9-18(24-29-20)19(26)23-12-16-11-21-15(2)10-22-16/h3-5,8,10-11H,6-7,9,12-13H2,1-2H3,(H,23,26)/t20-/m0/s1. The number of sulfonamides is 1. The van der Waals surface area contributed by atoms with Gasteiger partial charge >= 0.3 is 0 Å². The monoisotopic (exact) mass is 429 g/mol. The molecular weight excluding hydrogens is 406 g/mol. The summed E-state index contributed by atoms with van der Waals surface area (Å²) >= 11 is 0. The molecule has 10 heteroatoms. The molecule has 1 aromatic carbocycles. The van der Waals surface area contributed by atoms with Crippen LogP contribution in [0.15, 0.2) is 46.7 Å². The number of hydrogen-bond donors (Lipinski definition) is 1. The third-order valence-electron chi connectivity index (χ3n) is 5.27. The van der Waals surface area contributed by atoms with Gasteiger partial charge in [-0.1, -0.05) is 17.3 Å². The van der Waals surface area contributed by atoms with Crippen molar-refractivity contribution in [3.63, 3.8) is 0 Å². The Bertz CT molecular complexity index is 1100. The van der Waals surface area contributed by atoms with Gasteiger partial charge in [0.15, 0.2) is 5.60 Å². The van der Waals surface area contributed by atoms with E-state index in [4.69, 9.17) is 4.84 Å². The van der Waals surface area contributed by atoms with E-state index < -0.39 is 15.6 Å². The summed E-state index contributed by atoms with van der Waals surface area (Å²) in [6, 6.07) is 6.82. The normalized spacial score (nSPS) is 21.5. The zero-order chi connectivity index (χ0) is 21.4. The third kappa shape index (κ3) is 4.05. The van der Waals surface area contributed by atoms with Crippen LogP contribution in [0.2, 0.25) is 0 Å². The third-order valence-corrected chi connectivity index (χ3v) is 7.12. The minimum absolute atomic E-state index is 0.160. The molecule has 1 saturated heterocycles. The Kier molecular flexibility index (Phi) is 5.29. The zero-order valence-electron chi connectivity index (χ0n) is 16.8. The smallest absolute Gasteiger partial charge is 0.269 e. The minimum Gasteiger partial charge on any atom is -0.387 e. The molecule has 0 saturated carbocycles. The fourth-order valence-corrected chi connectivity index (χ4v) is 5.20. The Hall–Kier alpha value is -2.85. The van der Waals surface area contributed by atoms with Gasteiger partial charge in [-0.2, -0.15) is 4.31 Å². The molecule has 1 atom stereocenters. The molecule has 2 aliphatic heterocycles. The van der Waals surface area contributed by atoms with E-state index in [0.29, 0.717) is 18.7 Å². The number of nitrogens with one attached hydrogen (secondary N) is 1. The molecule has 0 aliphatic carbocycles. The molecule has 1 spiro atoms. The van der Waals surface area contributed by atoms with E-state index >= 15 is 0 Å². The van der Waals surface area contributed by atoms with Crippen molar-refractivity contribution in [2.75, 3.05) is 13.1 Å². The molecular formula is C20H23N5O4S. The first-order valence-corrected chi connectivity index (χ1v) is 11.1. The Morgan fingerprint density at radius 3 is 2.83 bits per heavy atom. The van der Waals surface area contributed by atoms with Gasteiger partial charge in [0.1, 0.15) is 5.71 Å². The van der Waals surface area contributed by atoms with Crippen LogP contribution in [0, 0.1) is 13.8 Å². The van der Waals surface area contributed by atoms with E-state index in [0.717, 1.165) is 11.3 Å². The maximum absolute atomic E-state index is 13.0. The Balaban J connectivity index is 1.37. The van der Waals surface area contributed by atoms with E-state index in [1.807, 2.05) is 19.9 Å². The summed E-state index contributed by atoms with van der Waals surface area (Å²) in [5, 5.41) is 6.70. The largest absolute Gasteiger partial charge is 0.387 e. The average molecular weight is 430 g/mol. The van der Waals surface area contributed by atoms with Crippen LogP contribution in [0.4, 0.5) is 0 Å². The number of carbonyl (C=O) groups excluding carboxylic acids is 1. The Labute approximate surface area is 175 Å². The molecule has 9 nitrogen and oxygen atoms in total. The summed E-state index contributed by atoms with van der Waals surface area (Å²) in [6.45, 7) is 4.40. The summed E-state index contributed by atoms with van der Waals surface area (Å²) in [6.07, 6.45) is 3.98. The highest BCUT2D eigenvalue weighted by Gasteiger charge is 2.49. The number of hydrogen-bond acceptors (Lipinski definition) is 7. The van der Waals surface area contributed by atoms with Crippen molar-refractivity contribution in [3.8, 4) is 0 Å². The lowest BCUT2D eigenvalue weighted by molar-refractivity contribution is -0.115. The molecule has 1 aromatic heterocycles. The molecule has 2 aliphatic rings. The van der Waals surface area contributed by atoms with Crippen LogP contribution in [0.25, 0.3) is 0 Å². The Morgan fingerprint density at radius 2 is 2.10 bits per heavy atom. The summed E-state index contributed by atoms with van der Waals surface area (Å²) in [5.74, 6) is -0.353. The maximum atomic E-state index is 13.0. The highest BCUT2D eigenvalue weighted by Crippen LogP contribution is 2.36. The first-order chi connectivity index (χ1) is 14.3. The predicted octanol–water partition coefficient (Wildman–Crippen LogP) is 1.32. The number of rotatable bonds is 5. The van der Waals surface area contributed by atoms with Gasteiger partial charge in [0.05, 0.1) is 35.6 Å². The average Bonchev–Trinajstić information content (AvgIpc) is 3.35. The zero-order valence-corrected chi connectivity index (χ0v) is 17.6. The van der Waals surface area contributed by atoms with E-state index in [1.165, 1.54) is 4.31 Å². The second kappa shape index (κ2) is 7.77. The number of carbonyl (C=O) groups is 1. The van der Waals surface area contributed by atoms with Crippen LogP contribution < -0.4 is 5.32 Å². The van der Waals surface area contributed by atoms with Crippen LogP contribution >= 0.6 is 0 Å². The number of oxime groups is 1. The van der Waals surface area contributed by atoms with Crippen LogP contribution in [-0.4, -0.2) is 53.0 Å². The molecule has 2 aromatic rings. The molecule has 158 valence electrons. The van der Waals surface area contributed by atoms with Crippen molar-refractivity contribution < 1.29 is 18.0 Å². The summed E-state index contributed by atoms with van der Waals surface area (Å²) < 4.78 is 27.3. The topological polar surface area (TPSA) is 114 Å². The summed E-state index contributed by atoms with van der Waals surface area (Å²) in [5.41, 5.74) is 1.77. The number of amides is 1. The SMILES string of the molecule is Cc1cccc(S(=O)(=O)N2CC[C@]3(CC(C(=O)NCc4cnc(C)cn4)=NO3)C2)c1. The highest BCUT2D eigenvalue weighted by molar-refractivity contribution is 7.89. The molecule has 1 amide bonds. The van der Waals surface area contributed by atoms with Crippen molar-refractivity contribution in [1.82, 2.24) is 19.6 Å². The van der Waals surface area contributed by atoms with E-state index in [2.05, 4.69) is 20.4 Å². The van der Waals surface area contributed by atoms with Gasteiger partial charge in [-0.25, -0.2) is 8.42 Å². The molecule has 0 radical (unpaired) electrons. The molecule has 3 heterocycles. The molecule has 30 heavy (non-hydrogen) atoms. The molecule has 1 fully saturated rings. The van der Waals surface area contributed by atoms with E-state index in [1.54, 1.807) is 30.6 Å². The lowest BCUT2D eigenvalue weighted by Gasteiger charge is -2.21. The molecule has 0 bridgehead atoms. The number of benzene rings is 1. The first kappa shape index (κ1) is 20.4. The van der Waals surface area contributed by atoms with Gasteiger partial charge < -0.3 is 10.2 Å². The van der Waals surface area contributed by atoms with Crippen molar-refractivity contribution in [2.45, 2.75) is 43.7 Å². The van der Waals surface area contributed by atoms with Gasteiger partial charge in [0.2, 0.25) is 10.0 Å². The number of aryl methyl sites for hydroxylation is 2. The van der Waals surface area contributed by atoms with Crippen molar-refractivity contribution in [2.24, 2.45) is 5.16 Å². The fraction of sp³-hybridized carbons (Fsp3) is 0.400. The van der Waals surface area contributed by atoms with Crippen LogP contribution in [0.3, 0.4) is 0 Å². The lowest BCUT2D eigenvalue weighted by atomic mass is 9.96.